The molecule has 0 aromatic rings. The highest BCUT2D eigenvalue weighted by atomic mass is 35.5. The molecule has 12 heteroatoms. The number of rotatable bonds is 9. The molecule has 8 nitrogen and oxygen atoms in total. The Balaban J connectivity index is 0. The predicted molar refractivity (Wildman–Crippen MR) is 88.8 cm³/mol. The lowest BCUT2D eigenvalue weighted by atomic mass is 10.3. The Labute approximate surface area is 149 Å². The predicted octanol–water partition coefficient (Wildman–Crippen LogP) is 1.69. The van der Waals surface area contributed by atoms with Crippen molar-refractivity contribution in [2.24, 2.45) is 0 Å². The Kier molecular flexibility index (Phi) is 15.1. The lowest BCUT2D eigenvalue weighted by molar-refractivity contribution is -0.233. The van der Waals surface area contributed by atoms with Gasteiger partial charge in [0.2, 0.25) is 5.69 Å². The average Bonchev–Trinajstić information content (AvgIpc) is 2.46. The number of hydrogen-bond acceptors (Lipinski definition) is 10. The van der Waals surface area contributed by atoms with Crippen LogP contribution < -0.4 is 5.11 Å². The first-order valence-corrected chi connectivity index (χ1v) is 10.7. The van der Waals surface area contributed by atoms with Crippen LogP contribution in [0, 0.1) is 0 Å². The van der Waals surface area contributed by atoms with Crippen LogP contribution in [0.25, 0.3) is 0 Å². The van der Waals surface area contributed by atoms with Gasteiger partial charge >= 0.3 is 11.9 Å². The smallest absolute Gasteiger partial charge is 0.320 e. The second kappa shape index (κ2) is 14.0. The first-order chi connectivity index (χ1) is 10.7. The zero-order chi connectivity index (χ0) is 18.5. The highest BCUT2D eigenvalue weighted by molar-refractivity contribution is 8.68. The van der Waals surface area contributed by atoms with Crippen molar-refractivity contribution in [3.8, 4) is 0 Å². The fourth-order valence-electron chi connectivity index (χ4n) is 1.09. The van der Waals surface area contributed by atoms with Crippen LogP contribution in [0.1, 0.15) is 20.3 Å². The molecule has 0 spiro atoms. The summed E-state index contributed by atoms with van der Waals surface area (Å²) in [7, 11) is 2.81. The Morgan fingerprint density at radius 3 is 1.96 bits per heavy atom. The lowest BCUT2D eigenvalue weighted by Gasteiger charge is -2.21. The van der Waals surface area contributed by atoms with Gasteiger partial charge in [0, 0.05) is 14.2 Å². The fraction of sp³-hybridized carbons (Fsp3) is 0.727. The van der Waals surface area contributed by atoms with Crippen LogP contribution in [-0.2, 0) is 39.9 Å². The average molecular weight is 410 g/mol. The summed E-state index contributed by atoms with van der Waals surface area (Å²) in [6.07, 6.45) is -0.123. The summed E-state index contributed by atoms with van der Waals surface area (Å²) in [5, 5.41) is 7.87. The molecular formula is C11H19ClO8PS2-. The summed E-state index contributed by atoms with van der Waals surface area (Å²) < 4.78 is 19.9. The second-order valence-corrected chi connectivity index (χ2v) is 10.3. The van der Waals surface area contributed by atoms with Crippen LogP contribution in [0.3, 0.4) is 0 Å². The van der Waals surface area contributed by atoms with Gasteiger partial charge in [-0.15, -0.1) is 0 Å². The van der Waals surface area contributed by atoms with Crippen molar-refractivity contribution in [3.05, 3.63) is 0 Å². The van der Waals surface area contributed by atoms with Crippen molar-refractivity contribution in [2.75, 3.05) is 27.4 Å². The van der Waals surface area contributed by atoms with Crippen LogP contribution in [0.2, 0.25) is 0 Å². The van der Waals surface area contributed by atoms with Crippen LogP contribution >= 0.6 is 28.7 Å². The van der Waals surface area contributed by atoms with Gasteiger partial charge < -0.3 is 28.4 Å². The fourth-order valence-corrected chi connectivity index (χ4v) is 4.95. The molecule has 0 N–H and O–H groups in total. The molecule has 1 unspecified atom stereocenters. The van der Waals surface area contributed by atoms with E-state index in [2.05, 4.69) is 11.6 Å². The number of carbonyl (C=O) groups excluding carboxylic acids is 3. The van der Waals surface area contributed by atoms with E-state index in [4.69, 9.17) is 40.2 Å². The van der Waals surface area contributed by atoms with E-state index in [0.29, 0.717) is 0 Å². The first kappa shape index (κ1) is 24.9. The maximum Gasteiger partial charge on any atom is 0.320 e. The van der Waals surface area contributed by atoms with Crippen LogP contribution in [0.5, 0.6) is 0 Å². The van der Waals surface area contributed by atoms with E-state index in [9.17, 15) is 9.59 Å². The van der Waals surface area contributed by atoms with Gasteiger partial charge in [0.15, 0.2) is 0 Å². The Hall–Kier alpha value is -0.380. The van der Waals surface area contributed by atoms with Crippen molar-refractivity contribution in [2.45, 2.75) is 25.5 Å². The van der Waals surface area contributed by atoms with E-state index in [1.54, 1.807) is 13.8 Å². The van der Waals surface area contributed by atoms with Gasteiger partial charge in [0.25, 0.3) is 0 Å². The molecule has 0 saturated carbocycles. The van der Waals surface area contributed by atoms with Crippen molar-refractivity contribution in [3.63, 3.8) is 0 Å². The largest absolute Gasteiger partial charge is 0.534 e. The molecule has 0 fully saturated rings. The van der Waals surface area contributed by atoms with Gasteiger partial charge in [-0.1, -0.05) is 23.0 Å². The van der Waals surface area contributed by atoms with Crippen molar-refractivity contribution in [1.82, 2.24) is 0 Å². The summed E-state index contributed by atoms with van der Waals surface area (Å²) in [4.78, 5) is 31.9. The molecule has 0 saturated heterocycles. The maximum atomic E-state index is 11.8. The van der Waals surface area contributed by atoms with Crippen LogP contribution in [0.15, 0.2) is 0 Å². The van der Waals surface area contributed by atoms with Crippen LogP contribution in [0.4, 0.5) is 4.79 Å². The van der Waals surface area contributed by atoms with Gasteiger partial charge in [-0.2, -0.15) is 0 Å². The third-order valence-corrected chi connectivity index (χ3v) is 7.78. The Morgan fingerprint density at radius 1 is 1.17 bits per heavy atom. The van der Waals surface area contributed by atoms with Gasteiger partial charge in [-0.3, -0.25) is 9.59 Å². The first-order valence-electron chi connectivity index (χ1n) is 6.24. The molecule has 136 valence electrons. The number of hydrogen-bond donors (Lipinski definition) is 0. The summed E-state index contributed by atoms with van der Waals surface area (Å²) >= 11 is 10.3. The number of carbonyl (C=O) groups is 3. The lowest BCUT2D eigenvalue weighted by Crippen LogP contribution is -2.24. The van der Waals surface area contributed by atoms with E-state index in [1.807, 2.05) is 0 Å². The molecule has 0 aliphatic carbocycles. The topological polar surface area (TPSA) is 111 Å². The minimum Gasteiger partial charge on any atom is -0.534 e. The standard InChI is InChI=1S/C10H19O6PS2.CHClO2/c1-5-15-9(11)7-8(10(12)16-6-2)19-17(18,13-3)14-4;2-1(3)4/h8H,5-7H2,1-4H3;(H,3,4)/p-1. The minimum absolute atomic E-state index is 0.123. The van der Waals surface area contributed by atoms with Gasteiger partial charge in [0.1, 0.15) is 10.7 Å². The monoisotopic (exact) mass is 409 g/mol. The Morgan fingerprint density at radius 2 is 1.61 bits per heavy atom. The molecular weight excluding hydrogens is 391 g/mol. The zero-order valence-electron chi connectivity index (χ0n) is 13.1. The zero-order valence-corrected chi connectivity index (χ0v) is 16.4. The molecule has 0 rings (SSSR count). The number of esters is 2. The highest BCUT2D eigenvalue weighted by Crippen LogP contribution is 2.62. The molecule has 0 aromatic heterocycles. The molecule has 0 bridgehead atoms. The van der Waals surface area contributed by atoms with Crippen molar-refractivity contribution < 1.29 is 38.0 Å². The molecule has 0 radical (unpaired) electrons. The molecule has 0 amide bonds. The summed E-state index contributed by atoms with van der Waals surface area (Å²) in [5.74, 6) is -1.01. The number of halogens is 1. The summed E-state index contributed by atoms with van der Waals surface area (Å²) in [6, 6.07) is 0. The van der Waals surface area contributed by atoms with E-state index in [-0.39, 0.29) is 19.6 Å². The molecule has 0 aromatic carbocycles. The normalized spacial score (nSPS) is 11.7. The van der Waals surface area contributed by atoms with E-state index >= 15 is 0 Å². The third kappa shape index (κ3) is 13.7. The van der Waals surface area contributed by atoms with Crippen molar-refractivity contribution in [1.29, 1.82) is 0 Å². The van der Waals surface area contributed by atoms with E-state index in [1.165, 1.54) is 14.2 Å². The van der Waals surface area contributed by atoms with E-state index in [0.717, 1.165) is 11.4 Å². The third-order valence-electron chi connectivity index (χ3n) is 1.91. The minimum atomic E-state index is -2.65. The molecule has 0 aliphatic rings. The van der Waals surface area contributed by atoms with Gasteiger partial charge in [-0.05, 0) is 25.7 Å². The molecule has 1 atom stereocenters. The second-order valence-electron chi connectivity index (χ2n) is 3.41. The Bertz CT molecular complexity index is 422. The summed E-state index contributed by atoms with van der Waals surface area (Å²) in [6.45, 7) is 3.86. The molecule has 23 heavy (non-hydrogen) atoms. The quantitative estimate of drug-likeness (QED) is 0.316. The van der Waals surface area contributed by atoms with Gasteiger partial charge in [0.05, 0.1) is 19.6 Å². The van der Waals surface area contributed by atoms with E-state index < -0.39 is 28.3 Å². The molecule has 0 aliphatic heterocycles. The maximum absolute atomic E-state index is 11.8. The summed E-state index contributed by atoms with van der Waals surface area (Å²) in [5.41, 5.74) is -4.26. The number of carboxylic acid groups (broad SMARTS) is 1. The van der Waals surface area contributed by atoms with Crippen molar-refractivity contribution >= 4 is 57.9 Å². The van der Waals surface area contributed by atoms with Gasteiger partial charge in [-0.25, -0.2) is 0 Å². The highest BCUT2D eigenvalue weighted by Gasteiger charge is 2.32. The van der Waals surface area contributed by atoms with Crippen LogP contribution in [-0.4, -0.2) is 50.1 Å². The number of ether oxygens (including phenoxy) is 2. The molecule has 0 heterocycles. The SMILES string of the molecule is CCOC(=O)CC(SP(=S)(OC)OC)C(=O)OCC.O=C([O-])Cl.